The van der Waals surface area contributed by atoms with Gasteiger partial charge in [0.25, 0.3) is 0 Å². The zero-order valence-corrected chi connectivity index (χ0v) is 23.7. The SMILES string of the molecule is NCCCC[C@H](NC(=O)[C@@H](N)Cc1c[nH]cn1)C(=O)N[C@@H](Cc1ccccc1)C(=O)N[C@@H](Cc1ccc(O)cc1)C(=O)O. The van der Waals surface area contributed by atoms with Gasteiger partial charge in [0.05, 0.1) is 18.1 Å². The van der Waals surface area contributed by atoms with Crippen LogP contribution < -0.4 is 27.4 Å². The Labute approximate surface area is 249 Å². The Balaban J connectivity index is 1.76. The van der Waals surface area contributed by atoms with Crippen molar-refractivity contribution in [3.8, 4) is 5.75 Å². The van der Waals surface area contributed by atoms with Crippen LogP contribution in [0.25, 0.3) is 0 Å². The lowest BCUT2D eigenvalue weighted by Crippen LogP contribution is -2.58. The molecule has 0 aliphatic heterocycles. The highest BCUT2D eigenvalue weighted by molar-refractivity contribution is 5.94. The first kappa shape index (κ1) is 32.8. The maximum Gasteiger partial charge on any atom is 0.326 e. The molecule has 230 valence electrons. The number of hydrogen-bond acceptors (Lipinski definition) is 8. The Morgan fingerprint density at radius 3 is 2.02 bits per heavy atom. The number of carbonyl (C=O) groups is 4. The third-order valence-corrected chi connectivity index (χ3v) is 6.81. The van der Waals surface area contributed by atoms with Crippen LogP contribution in [0, 0.1) is 0 Å². The molecule has 1 aromatic heterocycles. The molecule has 3 aromatic rings. The fraction of sp³-hybridized carbons (Fsp3) is 0.367. The number of benzene rings is 2. The van der Waals surface area contributed by atoms with E-state index in [9.17, 15) is 29.4 Å². The number of hydrogen-bond donors (Lipinski definition) is 8. The van der Waals surface area contributed by atoms with Crippen LogP contribution >= 0.6 is 0 Å². The van der Waals surface area contributed by atoms with Crippen LogP contribution in [0.3, 0.4) is 0 Å². The lowest BCUT2D eigenvalue weighted by Gasteiger charge is -2.25. The molecule has 0 radical (unpaired) electrons. The standard InChI is InChI=1S/C30H39N7O6/c31-13-5-4-8-24(35-27(39)23(32)16-21-17-33-18-34-21)28(40)36-25(14-19-6-2-1-3-7-19)29(41)37-26(30(42)43)15-20-9-11-22(38)12-10-20/h1-3,6-7,9-12,17-18,23-26,38H,4-5,8,13-16,31-32H2,(H,33,34)(H,35,39)(H,36,40)(H,37,41)(H,42,43)/t23-,24-,25-,26-/m0/s1. The van der Waals surface area contributed by atoms with Crippen molar-refractivity contribution in [2.24, 2.45) is 11.5 Å². The van der Waals surface area contributed by atoms with E-state index in [0.29, 0.717) is 30.6 Å². The van der Waals surface area contributed by atoms with Gasteiger partial charge in [0.2, 0.25) is 17.7 Å². The van der Waals surface area contributed by atoms with Gasteiger partial charge in [0.15, 0.2) is 0 Å². The fourth-order valence-corrected chi connectivity index (χ4v) is 4.43. The first-order chi connectivity index (χ1) is 20.7. The number of carboxylic acids is 1. The van der Waals surface area contributed by atoms with Gasteiger partial charge in [0, 0.05) is 25.5 Å². The number of amides is 3. The smallest absolute Gasteiger partial charge is 0.326 e. The molecule has 0 fully saturated rings. The number of nitrogens with zero attached hydrogens (tertiary/aromatic N) is 1. The number of phenols is 1. The van der Waals surface area contributed by atoms with E-state index < -0.39 is 47.9 Å². The number of aromatic amines is 1. The van der Waals surface area contributed by atoms with E-state index in [2.05, 4.69) is 25.9 Å². The number of unbranched alkanes of at least 4 members (excludes halogenated alkanes) is 1. The topological polar surface area (TPSA) is 226 Å². The van der Waals surface area contributed by atoms with E-state index in [1.807, 2.05) is 6.07 Å². The van der Waals surface area contributed by atoms with Crippen LogP contribution in [-0.2, 0) is 38.4 Å². The molecule has 0 aliphatic carbocycles. The number of carboxylic acid groups (broad SMARTS) is 1. The zero-order valence-electron chi connectivity index (χ0n) is 23.7. The van der Waals surface area contributed by atoms with Crippen LogP contribution in [0.15, 0.2) is 67.1 Å². The maximum atomic E-state index is 13.5. The molecule has 3 amide bonds. The molecule has 0 bridgehead atoms. The second-order valence-electron chi connectivity index (χ2n) is 10.2. The van der Waals surface area contributed by atoms with Crippen molar-refractivity contribution in [3.63, 3.8) is 0 Å². The highest BCUT2D eigenvalue weighted by Gasteiger charge is 2.30. The Kier molecular flexibility index (Phi) is 12.7. The molecule has 2 aromatic carbocycles. The van der Waals surface area contributed by atoms with E-state index in [0.717, 1.165) is 5.56 Å². The first-order valence-corrected chi connectivity index (χ1v) is 14.0. The summed E-state index contributed by atoms with van der Waals surface area (Å²) in [5, 5.41) is 27.3. The van der Waals surface area contributed by atoms with Crippen molar-refractivity contribution in [2.45, 2.75) is 62.7 Å². The third-order valence-electron chi connectivity index (χ3n) is 6.81. The number of H-pyrrole nitrogens is 1. The van der Waals surface area contributed by atoms with Crippen LogP contribution in [-0.4, -0.2) is 74.6 Å². The van der Waals surface area contributed by atoms with E-state index in [-0.39, 0.29) is 31.4 Å². The molecule has 13 nitrogen and oxygen atoms in total. The highest BCUT2D eigenvalue weighted by atomic mass is 16.4. The molecule has 1 heterocycles. The van der Waals surface area contributed by atoms with Gasteiger partial charge in [-0.2, -0.15) is 0 Å². The summed E-state index contributed by atoms with van der Waals surface area (Å²) in [6.45, 7) is 0.400. The number of aliphatic carboxylic acids is 1. The summed E-state index contributed by atoms with van der Waals surface area (Å²) < 4.78 is 0. The Bertz CT molecular complexity index is 1320. The Morgan fingerprint density at radius 1 is 0.791 bits per heavy atom. The van der Waals surface area contributed by atoms with Gasteiger partial charge in [-0.15, -0.1) is 0 Å². The summed E-state index contributed by atoms with van der Waals surface area (Å²) >= 11 is 0. The summed E-state index contributed by atoms with van der Waals surface area (Å²) in [7, 11) is 0. The van der Waals surface area contributed by atoms with Gasteiger partial charge >= 0.3 is 5.97 Å². The van der Waals surface area contributed by atoms with E-state index >= 15 is 0 Å². The van der Waals surface area contributed by atoms with Gasteiger partial charge in [-0.1, -0.05) is 42.5 Å². The molecule has 3 rings (SSSR count). The molecule has 0 aliphatic rings. The second-order valence-corrected chi connectivity index (χ2v) is 10.2. The predicted octanol–water partition coefficient (Wildman–Crippen LogP) is 0.139. The molecule has 10 N–H and O–H groups in total. The predicted molar refractivity (Wildman–Crippen MR) is 159 cm³/mol. The van der Waals surface area contributed by atoms with Crippen LogP contribution in [0.5, 0.6) is 5.75 Å². The monoisotopic (exact) mass is 593 g/mol. The molecule has 13 heteroatoms. The number of carbonyl (C=O) groups excluding carboxylic acids is 3. The normalized spacial score (nSPS) is 13.7. The van der Waals surface area contributed by atoms with Crippen LogP contribution in [0.2, 0.25) is 0 Å². The van der Waals surface area contributed by atoms with E-state index in [1.165, 1.54) is 18.5 Å². The van der Waals surface area contributed by atoms with Gasteiger partial charge in [-0.05, 0) is 49.1 Å². The Morgan fingerprint density at radius 2 is 1.40 bits per heavy atom. The van der Waals surface area contributed by atoms with Gasteiger partial charge in [0.1, 0.15) is 23.9 Å². The average Bonchev–Trinajstić information content (AvgIpc) is 3.50. The second kappa shape index (κ2) is 16.6. The number of phenolic OH excluding ortho intramolecular Hbond substituents is 1. The summed E-state index contributed by atoms with van der Waals surface area (Å²) in [5.41, 5.74) is 13.6. The quantitative estimate of drug-likeness (QED) is 0.0995. The van der Waals surface area contributed by atoms with Gasteiger partial charge in [-0.25, -0.2) is 9.78 Å². The van der Waals surface area contributed by atoms with Gasteiger partial charge in [-0.3, -0.25) is 14.4 Å². The molecule has 0 saturated carbocycles. The number of aromatic hydroxyl groups is 1. The van der Waals surface area contributed by atoms with E-state index in [4.69, 9.17) is 11.5 Å². The minimum absolute atomic E-state index is 0.0282. The largest absolute Gasteiger partial charge is 0.508 e. The highest BCUT2D eigenvalue weighted by Crippen LogP contribution is 2.12. The summed E-state index contributed by atoms with van der Waals surface area (Å²) in [6.07, 6.45) is 4.69. The number of imidazole rings is 1. The van der Waals surface area contributed by atoms with Crippen molar-refractivity contribution in [1.29, 1.82) is 0 Å². The maximum absolute atomic E-state index is 13.5. The molecule has 43 heavy (non-hydrogen) atoms. The molecular weight excluding hydrogens is 554 g/mol. The zero-order chi connectivity index (χ0) is 31.2. The fourth-order valence-electron chi connectivity index (χ4n) is 4.43. The number of rotatable bonds is 17. The van der Waals surface area contributed by atoms with Crippen molar-refractivity contribution in [1.82, 2.24) is 25.9 Å². The molecular formula is C30H39N7O6. The van der Waals surface area contributed by atoms with Crippen molar-refractivity contribution in [2.75, 3.05) is 6.54 Å². The van der Waals surface area contributed by atoms with Crippen molar-refractivity contribution in [3.05, 3.63) is 83.9 Å². The van der Waals surface area contributed by atoms with E-state index in [1.54, 1.807) is 42.6 Å². The van der Waals surface area contributed by atoms with Gasteiger partial charge < -0.3 is 42.6 Å². The number of nitrogens with two attached hydrogens (primary N) is 2. The minimum Gasteiger partial charge on any atom is -0.508 e. The van der Waals surface area contributed by atoms with Crippen molar-refractivity contribution >= 4 is 23.7 Å². The molecule has 0 unspecified atom stereocenters. The number of aromatic nitrogens is 2. The number of nitrogens with one attached hydrogen (secondary N) is 4. The molecule has 4 atom stereocenters. The average molecular weight is 594 g/mol. The van der Waals surface area contributed by atoms with Crippen LogP contribution in [0.4, 0.5) is 0 Å². The minimum atomic E-state index is -1.30. The first-order valence-electron chi connectivity index (χ1n) is 14.0. The lowest BCUT2D eigenvalue weighted by atomic mass is 10.0. The third kappa shape index (κ3) is 10.9. The van der Waals surface area contributed by atoms with Crippen molar-refractivity contribution < 1.29 is 29.4 Å². The van der Waals surface area contributed by atoms with Crippen LogP contribution in [0.1, 0.15) is 36.1 Å². The molecule has 0 spiro atoms. The Hall–Kier alpha value is -4.75. The lowest BCUT2D eigenvalue weighted by molar-refractivity contribution is -0.142. The summed E-state index contributed by atoms with van der Waals surface area (Å²) in [4.78, 5) is 58.8. The summed E-state index contributed by atoms with van der Waals surface area (Å²) in [5.74, 6) is -3.10. The summed E-state index contributed by atoms with van der Waals surface area (Å²) in [6, 6.07) is 10.5. The molecule has 0 saturated heterocycles.